The molecule has 2 aromatic carbocycles. The Balaban J connectivity index is 1.49. The van der Waals surface area contributed by atoms with Crippen LogP contribution < -0.4 is 14.9 Å². The average Bonchev–Trinajstić information content (AvgIpc) is 3.15. The zero-order chi connectivity index (χ0) is 17.1. The molecule has 2 heterocycles. The Morgan fingerprint density at radius 3 is 2.72 bits per heavy atom. The monoisotopic (exact) mass is 351 g/mol. The van der Waals surface area contributed by atoms with Crippen LogP contribution in [0.4, 0.5) is 5.13 Å². The number of hydrogen-bond acceptors (Lipinski definition) is 6. The number of hydrogen-bond donors (Lipinski definition) is 1. The van der Waals surface area contributed by atoms with Crippen molar-refractivity contribution < 1.29 is 9.47 Å². The summed E-state index contributed by atoms with van der Waals surface area (Å²) in [5.41, 5.74) is 6.92. The van der Waals surface area contributed by atoms with Gasteiger partial charge in [0.2, 0.25) is 5.13 Å². The van der Waals surface area contributed by atoms with Crippen LogP contribution in [-0.4, -0.2) is 23.9 Å². The smallest absolute Gasteiger partial charge is 0.203 e. The maximum atomic E-state index is 5.62. The summed E-state index contributed by atoms with van der Waals surface area (Å²) in [6.45, 7) is 3.12. The molecular weight excluding hydrogens is 334 g/mol. The Labute approximate surface area is 150 Å². The zero-order valence-electron chi connectivity index (χ0n) is 13.7. The lowest BCUT2D eigenvalue weighted by atomic mass is 10.1. The highest BCUT2D eigenvalue weighted by molar-refractivity contribution is 7.14. The number of benzene rings is 2. The Morgan fingerprint density at radius 2 is 1.88 bits per heavy atom. The molecule has 5 nitrogen and oxygen atoms in total. The lowest BCUT2D eigenvalue weighted by Gasteiger charge is -2.18. The Bertz CT molecular complexity index is 906. The molecule has 1 aromatic heterocycles. The van der Waals surface area contributed by atoms with E-state index in [1.54, 1.807) is 0 Å². The minimum atomic E-state index is 0.576. The topological polar surface area (TPSA) is 55.7 Å². The third kappa shape index (κ3) is 3.49. The van der Waals surface area contributed by atoms with Gasteiger partial charge in [-0.05, 0) is 25.1 Å². The van der Waals surface area contributed by atoms with Crippen molar-refractivity contribution in [2.75, 3.05) is 18.6 Å². The lowest BCUT2D eigenvalue weighted by molar-refractivity contribution is 0.171. The van der Waals surface area contributed by atoms with Crippen molar-refractivity contribution in [3.8, 4) is 22.8 Å². The van der Waals surface area contributed by atoms with E-state index in [4.69, 9.17) is 9.47 Å². The van der Waals surface area contributed by atoms with Crippen molar-refractivity contribution in [3.05, 3.63) is 59.5 Å². The second-order valence-corrected chi connectivity index (χ2v) is 6.43. The zero-order valence-corrected chi connectivity index (χ0v) is 14.5. The normalized spacial score (nSPS) is 13.6. The molecule has 0 amide bonds. The fourth-order valence-corrected chi connectivity index (χ4v) is 3.19. The molecule has 0 bridgehead atoms. The van der Waals surface area contributed by atoms with Crippen LogP contribution >= 0.6 is 11.3 Å². The van der Waals surface area contributed by atoms with E-state index in [0.717, 1.165) is 39.2 Å². The van der Waals surface area contributed by atoms with Crippen molar-refractivity contribution in [1.82, 2.24) is 4.98 Å². The molecule has 0 spiro atoms. The highest BCUT2D eigenvalue weighted by atomic mass is 32.1. The van der Waals surface area contributed by atoms with Gasteiger partial charge in [-0.1, -0.05) is 30.3 Å². The van der Waals surface area contributed by atoms with Crippen molar-refractivity contribution in [2.24, 2.45) is 5.10 Å². The summed E-state index contributed by atoms with van der Waals surface area (Å²) in [6, 6.07) is 15.9. The minimum Gasteiger partial charge on any atom is -0.486 e. The Kier molecular flexibility index (Phi) is 4.35. The Hall–Kier alpha value is -2.86. The van der Waals surface area contributed by atoms with E-state index < -0.39 is 0 Å². The van der Waals surface area contributed by atoms with Crippen LogP contribution in [0.25, 0.3) is 11.3 Å². The van der Waals surface area contributed by atoms with Crippen molar-refractivity contribution in [1.29, 1.82) is 0 Å². The summed E-state index contributed by atoms with van der Waals surface area (Å²) in [5, 5.41) is 7.22. The molecule has 0 aliphatic carbocycles. The first-order valence-corrected chi connectivity index (χ1v) is 8.89. The second kappa shape index (κ2) is 6.94. The third-order valence-corrected chi connectivity index (χ3v) is 4.60. The van der Waals surface area contributed by atoms with E-state index >= 15 is 0 Å². The van der Waals surface area contributed by atoms with Gasteiger partial charge in [-0.2, -0.15) is 5.10 Å². The third-order valence-electron chi connectivity index (χ3n) is 3.85. The molecule has 25 heavy (non-hydrogen) atoms. The Morgan fingerprint density at radius 1 is 1.08 bits per heavy atom. The fraction of sp³-hybridized carbons (Fsp3) is 0.158. The number of hydrazone groups is 1. The predicted octanol–water partition coefficient (Wildman–Crippen LogP) is 4.42. The number of anilines is 1. The van der Waals surface area contributed by atoms with Gasteiger partial charge in [0.1, 0.15) is 13.2 Å². The SMILES string of the molecule is C/C(=N/Nc1nc(-c2ccccc2)cs1)c1ccc2c(c1)OCCO2. The molecule has 0 atom stereocenters. The van der Waals surface area contributed by atoms with Crippen molar-refractivity contribution in [3.63, 3.8) is 0 Å². The molecule has 0 unspecified atom stereocenters. The molecule has 6 heteroatoms. The highest BCUT2D eigenvalue weighted by Crippen LogP contribution is 2.31. The largest absolute Gasteiger partial charge is 0.486 e. The first kappa shape index (κ1) is 15.7. The van der Waals surface area contributed by atoms with Crippen LogP contribution in [0.1, 0.15) is 12.5 Å². The summed E-state index contributed by atoms with van der Waals surface area (Å²) < 4.78 is 11.2. The number of ether oxygens (including phenoxy) is 2. The van der Waals surface area contributed by atoms with Crippen LogP contribution in [0.15, 0.2) is 59.0 Å². The van der Waals surface area contributed by atoms with Gasteiger partial charge in [0.05, 0.1) is 11.4 Å². The van der Waals surface area contributed by atoms with Gasteiger partial charge in [0, 0.05) is 16.5 Å². The van der Waals surface area contributed by atoms with Crippen LogP contribution in [-0.2, 0) is 0 Å². The fourth-order valence-electron chi connectivity index (χ4n) is 2.53. The molecule has 1 aliphatic rings. The molecule has 0 radical (unpaired) electrons. The lowest BCUT2D eigenvalue weighted by Crippen LogP contribution is -2.15. The summed E-state index contributed by atoms with van der Waals surface area (Å²) in [4.78, 5) is 4.57. The van der Waals surface area contributed by atoms with Crippen molar-refractivity contribution >= 4 is 22.2 Å². The van der Waals surface area contributed by atoms with Crippen LogP contribution in [0.3, 0.4) is 0 Å². The van der Waals surface area contributed by atoms with E-state index in [0.29, 0.717) is 13.2 Å². The molecule has 1 aliphatic heterocycles. The van der Waals surface area contributed by atoms with Crippen LogP contribution in [0, 0.1) is 0 Å². The first-order valence-electron chi connectivity index (χ1n) is 8.01. The first-order chi connectivity index (χ1) is 12.3. The van der Waals surface area contributed by atoms with Gasteiger partial charge >= 0.3 is 0 Å². The number of aromatic nitrogens is 1. The predicted molar refractivity (Wildman–Crippen MR) is 101 cm³/mol. The van der Waals surface area contributed by atoms with Gasteiger partial charge in [0.15, 0.2) is 11.5 Å². The van der Waals surface area contributed by atoms with E-state index in [1.165, 1.54) is 11.3 Å². The van der Waals surface area contributed by atoms with Crippen LogP contribution in [0.2, 0.25) is 0 Å². The minimum absolute atomic E-state index is 0.576. The van der Waals surface area contributed by atoms with Gasteiger partial charge < -0.3 is 9.47 Å². The summed E-state index contributed by atoms with van der Waals surface area (Å²) in [5.74, 6) is 1.54. The number of nitrogens with zero attached hydrogens (tertiary/aromatic N) is 2. The van der Waals surface area contributed by atoms with Gasteiger partial charge in [-0.15, -0.1) is 11.3 Å². The highest BCUT2D eigenvalue weighted by Gasteiger charge is 2.12. The van der Waals surface area contributed by atoms with E-state index in [1.807, 2.05) is 60.8 Å². The molecule has 126 valence electrons. The number of fused-ring (bicyclic) bond motifs is 1. The average molecular weight is 351 g/mol. The van der Waals surface area contributed by atoms with Crippen molar-refractivity contribution in [2.45, 2.75) is 6.92 Å². The van der Waals surface area contributed by atoms with E-state index in [9.17, 15) is 0 Å². The summed E-state index contributed by atoms with van der Waals surface area (Å²) >= 11 is 1.53. The molecule has 4 rings (SSSR count). The molecule has 0 saturated carbocycles. The molecule has 0 fully saturated rings. The standard InChI is InChI=1S/C19H17N3O2S/c1-13(15-7-8-17-18(11-15)24-10-9-23-17)21-22-19-20-16(12-25-19)14-5-3-2-4-6-14/h2-8,11-12H,9-10H2,1H3,(H,20,22)/b21-13-. The maximum Gasteiger partial charge on any atom is 0.203 e. The number of rotatable bonds is 4. The number of thiazole rings is 1. The molecule has 3 aromatic rings. The van der Waals surface area contributed by atoms with E-state index in [-0.39, 0.29) is 0 Å². The van der Waals surface area contributed by atoms with Gasteiger partial charge in [-0.25, -0.2) is 4.98 Å². The maximum absolute atomic E-state index is 5.62. The molecular formula is C19H17N3O2S. The van der Waals surface area contributed by atoms with E-state index in [2.05, 4.69) is 15.5 Å². The van der Waals surface area contributed by atoms with Gasteiger partial charge in [-0.3, -0.25) is 5.43 Å². The van der Waals surface area contributed by atoms with Gasteiger partial charge in [0.25, 0.3) is 0 Å². The van der Waals surface area contributed by atoms with Crippen LogP contribution in [0.5, 0.6) is 11.5 Å². The number of nitrogens with one attached hydrogen (secondary N) is 1. The molecule has 1 N–H and O–H groups in total. The molecule has 0 saturated heterocycles. The quantitative estimate of drug-likeness (QED) is 0.558. The summed E-state index contributed by atoms with van der Waals surface area (Å²) in [6.07, 6.45) is 0. The second-order valence-electron chi connectivity index (χ2n) is 5.57. The summed E-state index contributed by atoms with van der Waals surface area (Å²) in [7, 11) is 0.